The van der Waals surface area contributed by atoms with Crippen LogP contribution in [0, 0.1) is 0 Å². The van der Waals surface area contributed by atoms with E-state index in [2.05, 4.69) is 5.32 Å². The monoisotopic (exact) mass is 233 g/mol. The highest BCUT2D eigenvalue weighted by Crippen LogP contribution is 2.27. The number of ether oxygens (including phenoxy) is 1. The first-order valence-electron chi connectivity index (χ1n) is 4.31. The second-order valence-electron chi connectivity index (χ2n) is 2.95. The van der Waals surface area contributed by atoms with E-state index in [1.165, 1.54) is 0 Å². The molecule has 0 aliphatic rings. The number of benzene rings is 1. The molecule has 1 N–H and O–H groups in total. The van der Waals surface area contributed by atoms with Gasteiger partial charge in [-0.1, -0.05) is 29.3 Å². The van der Waals surface area contributed by atoms with E-state index in [-0.39, 0.29) is 6.10 Å². The third-order valence-electron chi connectivity index (χ3n) is 1.98. The van der Waals surface area contributed by atoms with Gasteiger partial charge in [-0.3, -0.25) is 0 Å². The first-order chi connectivity index (χ1) is 6.69. The van der Waals surface area contributed by atoms with Crippen LogP contribution in [0.25, 0.3) is 0 Å². The summed E-state index contributed by atoms with van der Waals surface area (Å²) < 4.78 is 5.31. The Balaban J connectivity index is 2.92. The maximum absolute atomic E-state index is 6.05. The summed E-state index contributed by atoms with van der Waals surface area (Å²) >= 11 is 11.8. The quantitative estimate of drug-likeness (QED) is 0.864. The molecule has 0 aliphatic carbocycles. The van der Waals surface area contributed by atoms with Crippen LogP contribution in [0.5, 0.6) is 0 Å². The molecular weight excluding hydrogens is 221 g/mol. The van der Waals surface area contributed by atoms with E-state index < -0.39 is 0 Å². The molecule has 0 bridgehead atoms. The van der Waals surface area contributed by atoms with Crippen LogP contribution in [0.3, 0.4) is 0 Å². The van der Waals surface area contributed by atoms with Gasteiger partial charge in [0.05, 0.1) is 6.10 Å². The molecule has 2 nitrogen and oxygen atoms in total. The van der Waals surface area contributed by atoms with Gasteiger partial charge in [0.25, 0.3) is 0 Å². The molecule has 0 amide bonds. The number of likely N-dealkylation sites (N-methyl/N-ethyl adjacent to an activating group) is 1. The molecule has 0 heterocycles. The average Bonchev–Trinajstić information content (AvgIpc) is 2.15. The van der Waals surface area contributed by atoms with Crippen LogP contribution in [0.2, 0.25) is 10.0 Å². The van der Waals surface area contributed by atoms with Crippen LogP contribution in [-0.2, 0) is 4.74 Å². The van der Waals surface area contributed by atoms with Crippen molar-refractivity contribution in [1.29, 1.82) is 0 Å². The number of hydrogen-bond donors (Lipinski definition) is 1. The molecular formula is C10H13Cl2NO. The molecule has 1 aromatic rings. The molecule has 0 aliphatic heterocycles. The summed E-state index contributed by atoms with van der Waals surface area (Å²) in [5, 5.41) is 4.32. The summed E-state index contributed by atoms with van der Waals surface area (Å²) in [6, 6.07) is 5.42. The van der Waals surface area contributed by atoms with Gasteiger partial charge in [-0.2, -0.15) is 0 Å². The lowest BCUT2D eigenvalue weighted by Gasteiger charge is -2.16. The van der Waals surface area contributed by atoms with Crippen LogP contribution >= 0.6 is 23.2 Å². The van der Waals surface area contributed by atoms with Crippen LogP contribution in [0.4, 0.5) is 0 Å². The van der Waals surface area contributed by atoms with Crippen LogP contribution in [0.15, 0.2) is 18.2 Å². The van der Waals surface area contributed by atoms with Crippen molar-refractivity contribution in [2.45, 2.75) is 6.10 Å². The van der Waals surface area contributed by atoms with Crippen molar-refractivity contribution >= 4 is 23.2 Å². The Bertz CT molecular complexity index is 304. The van der Waals surface area contributed by atoms with Crippen LogP contribution < -0.4 is 5.32 Å². The number of rotatable bonds is 4. The smallest absolute Gasteiger partial charge is 0.0959 e. The van der Waals surface area contributed by atoms with Gasteiger partial charge < -0.3 is 10.1 Å². The largest absolute Gasteiger partial charge is 0.375 e. The third kappa shape index (κ3) is 2.85. The van der Waals surface area contributed by atoms with Crippen molar-refractivity contribution in [3.8, 4) is 0 Å². The van der Waals surface area contributed by atoms with Crippen molar-refractivity contribution < 1.29 is 4.74 Å². The predicted octanol–water partition coefficient (Wildman–Crippen LogP) is 2.90. The van der Waals surface area contributed by atoms with Gasteiger partial charge in [0.1, 0.15) is 0 Å². The minimum absolute atomic E-state index is 0.0373. The number of hydrogen-bond acceptors (Lipinski definition) is 2. The van der Waals surface area contributed by atoms with Gasteiger partial charge >= 0.3 is 0 Å². The van der Waals surface area contributed by atoms with Crippen molar-refractivity contribution in [2.75, 3.05) is 20.7 Å². The zero-order valence-corrected chi connectivity index (χ0v) is 9.69. The topological polar surface area (TPSA) is 21.3 Å². The SMILES string of the molecule is CNC[C@@H](OC)c1ccc(Cl)cc1Cl. The molecule has 14 heavy (non-hydrogen) atoms. The number of methoxy groups -OCH3 is 1. The zero-order chi connectivity index (χ0) is 10.6. The molecule has 0 radical (unpaired) electrons. The highest BCUT2D eigenvalue weighted by Gasteiger charge is 2.12. The lowest BCUT2D eigenvalue weighted by Crippen LogP contribution is -2.18. The van der Waals surface area contributed by atoms with Crippen LogP contribution in [0.1, 0.15) is 11.7 Å². The van der Waals surface area contributed by atoms with E-state index in [1.54, 1.807) is 13.2 Å². The lowest BCUT2D eigenvalue weighted by molar-refractivity contribution is 0.104. The molecule has 0 saturated heterocycles. The van der Waals surface area contributed by atoms with Gasteiger partial charge in [-0.25, -0.2) is 0 Å². The highest BCUT2D eigenvalue weighted by atomic mass is 35.5. The Hall–Kier alpha value is -0.280. The molecule has 0 spiro atoms. The first kappa shape index (κ1) is 11.8. The fourth-order valence-corrected chi connectivity index (χ4v) is 1.80. The summed E-state index contributed by atoms with van der Waals surface area (Å²) in [5.74, 6) is 0. The number of nitrogens with one attached hydrogen (secondary N) is 1. The molecule has 1 rings (SSSR count). The molecule has 0 saturated carbocycles. The van der Waals surface area contributed by atoms with Gasteiger partial charge in [0, 0.05) is 29.3 Å². The highest BCUT2D eigenvalue weighted by molar-refractivity contribution is 6.35. The Labute approximate surface area is 94.2 Å². The van der Waals surface area contributed by atoms with Gasteiger partial charge in [0.15, 0.2) is 0 Å². The normalized spacial score (nSPS) is 12.9. The molecule has 0 fully saturated rings. The maximum Gasteiger partial charge on any atom is 0.0959 e. The van der Waals surface area contributed by atoms with Gasteiger partial charge in [0.2, 0.25) is 0 Å². The molecule has 4 heteroatoms. The summed E-state index contributed by atoms with van der Waals surface area (Å²) in [6.45, 7) is 0.720. The summed E-state index contributed by atoms with van der Waals surface area (Å²) in [4.78, 5) is 0. The summed E-state index contributed by atoms with van der Waals surface area (Å²) in [5.41, 5.74) is 0.952. The predicted molar refractivity (Wildman–Crippen MR) is 60.1 cm³/mol. The van der Waals surface area contributed by atoms with E-state index >= 15 is 0 Å². The number of halogens is 2. The summed E-state index contributed by atoms with van der Waals surface area (Å²) in [7, 11) is 3.53. The van der Waals surface area contributed by atoms with Gasteiger partial charge in [-0.15, -0.1) is 0 Å². The second kappa shape index (κ2) is 5.56. The minimum atomic E-state index is -0.0373. The Morgan fingerprint density at radius 1 is 1.43 bits per heavy atom. The van der Waals surface area contributed by atoms with Crippen molar-refractivity contribution in [3.63, 3.8) is 0 Å². The summed E-state index contributed by atoms with van der Waals surface area (Å²) in [6.07, 6.45) is -0.0373. The third-order valence-corrected chi connectivity index (χ3v) is 2.55. The standard InChI is InChI=1S/C10H13Cl2NO/c1-13-6-10(14-2)8-4-3-7(11)5-9(8)12/h3-5,10,13H,6H2,1-2H3/t10-/m1/s1. The zero-order valence-electron chi connectivity index (χ0n) is 8.18. The fourth-order valence-electron chi connectivity index (χ4n) is 1.27. The minimum Gasteiger partial charge on any atom is -0.375 e. The van der Waals surface area contributed by atoms with Crippen LogP contribution in [-0.4, -0.2) is 20.7 Å². The second-order valence-corrected chi connectivity index (χ2v) is 3.79. The fraction of sp³-hybridized carbons (Fsp3) is 0.400. The molecule has 0 unspecified atom stereocenters. The molecule has 1 aromatic carbocycles. The van der Waals surface area contributed by atoms with Crippen molar-refractivity contribution in [3.05, 3.63) is 33.8 Å². The molecule has 1 atom stereocenters. The maximum atomic E-state index is 6.05. The molecule has 78 valence electrons. The molecule has 0 aromatic heterocycles. The van der Waals surface area contributed by atoms with Gasteiger partial charge in [-0.05, 0) is 19.2 Å². The lowest BCUT2D eigenvalue weighted by atomic mass is 10.1. The van der Waals surface area contributed by atoms with E-state index in [9.17, 15) is 0 Å². The first-order valence-corrected chi connectivity index (χ1v) is 5.07. The van der Waals surface area contributed by atoms with E-state index in [0.29, 0.717) is 10.0 Å². The Kier molecular flexibility index (Phi) is 4.69. The van der Waals surface area contributed by atoms with E-state index in [1.807, 2.05) is 19.2 Å². The van der Waals surface area contributed by atoms with Crippen molar-refractivity contribution in [2.24, 2.45) is 0 Å². The van der Waals surface area contributed by atoms with E-state index in [0.717, 1.165) is 12.1 Å². The van der Waals surface area contributed by atoms with Crippen molar-refractivity contribution in [1.82, 2.24) is 5.32 Å². The Morgan fingerprint density at radius 3 is 2.64 bits per heavy atom. The van der Waals surface area contributed by atoms with E-state index in [4.69, 9.17) is 27.9 Å². The average molecular weight is 234 g/mol. The Morgan fingerprint density at radius 2 is 2.14 bits per heavy atom.